The minimum Gasteiger partial charge on any atom is -0.383 e. The zero-order valence-electron chi connectivity index (χ0n) is 11.9. The molecule has 1 saturated heterocycles. The van der Waals surface area contributed by atoms with E-state index in [1.165, 1.54) is 17.7 Å². The Bertz CT molecular complexity index is 589. The smallest absolute Gasteiger partial charge is 0.228 e. The summed E-state index contributed by atoms with van der Waals surface area (Å²) in [7, 11) is 0. The summed E-state index contributed by atoms with van der Waals surface area (Å²) < 4.78 is 0. The van der Waals surface area contributed by atoms with Gasteiger partial charge in [-0.2, -0.15) is 4.98 Å². The van der Waals surface area contributed by atoms with E-state index in [1.807, 2.05) is 0 Å². The van der Waals surface area contributed by atoms with Crippen LogP contribution in [0.2, 0.25) is 0 Å². The molecular weight excluding hydrogens is 270 g/mol. The maximum absolute atomic E-state index is 6.12. The van der Waals surface area contributed by atoms with Gasteiger partial charge in [-0.25, -0.2) is 4.98 Å². The van der Waals surface area contributed by atoms with Crippen molar-refractivity contribution in [2.75, 3.05) is 36.8 Å². The van der Waals surface area contributed by atoms with Crippen LogP contribution in [0.5, 0.6) is 0 Å². The van der Waals surface area contributed by atoms with E-state index >= 15 is 0 Å². The van der Waals surface area contributed by atoms with Gasteiger partial charge >= 0.3 is 0 Å². The van der Waals surface area contributed by atoms with Crippen LogP contribution >= 0.6 is 11.3 Å². The first-order chi connectivity index (χ1) is 9.78. The molecule has 3 N–H and O–H groups in total. The predicted octanol–water partition coefficient (Wildman–Crippen LogP) is 2.03. The number of nitrogens with zero attached hydrogens (tertiary/aromatic N) is 3. The van der Waals surface area contributed by atoms with Gasteiger partial charge in [0, 0.05) is 31.1 Å². The lowest BCUT2D eigenvalue weighted by atomic mass is 10.2. The fourth-order valence-electron chi connectivity index (χ4n) is 2.46. The molecule has 0 amide bonds. The van der Waals surface area contributed by atoms with Crippen molar-refractivity contribution in [1.29, 1.82) is 0 Å². The van der Waals surface area contributed by atoms with Gasteiger partial charge in [0.25, 0.3) is 0 Å². The minimum absolute atomic E-state index is 0.613. The SMILES string of the molecule is CCCCc1cc2c(N)nc(N3CCNCC3)nc2s1. The van der Waals surface area contributed by atoms with Crippen LogP contribution < -0.4 is 16.0 Å². The summed E-state index contributed by atoms with van der Waals surface area (Å²) in [6.45, 7) is 6.06. The van der Waals surface area contributed by atoms with E-state index < -0.39 is 0 Å². The van der Waals surface area contributed by atoms with Gasteiger partial charge in [-0.3, -0.25) is 0 Å². The third-order valence-corrected chi connectivity index (χ3v) is 4.73. The maximum atomic E-state index is 6.12. The molecule has 0 radical (unpaired) electrons. The Balaban J connectivity index is 1.91. The number of nitrogen functional groups attached to an aromatic ring is 1. The molecule has 0 aromatic carbocycles. The summed E-state index contributed by atoms with van der Waals surface area (Å²) in [5, 5.41) is 4.35. The normalized spacial score (nSPS) is 15.9. The van der Waals surface area contributed by atoms with E-state index in [4.69, 9.17) is 10.7 Å². The summed E-state index contributed by atoms with van der Waals surface area (Å²) in [4.78, 5) is 13.8. The molecule has 20 heavy (non-hydrogen) atoms. The van der Waals surface area contributed by atoms with Crippen molar-refractivity contribution in [3.8, 4) is 0 Å². The first-order valence-corrected chi connectivity index (χ1v) is 8.11. The third-order valence-electron chi connectivity index (χ3n) is 3.64. The van der Waals surface area contributed by atoms with Crippen LogP contribution in [0.1, 0.15) is 24.6 Å². The Hall–Kier alpha value is -1.40. The molecule has 2 aromatic heterocycles. The lowest BCUT2D eigenvalue weighted by molar-refractivity contribution is 0.581. The Kier molecular flexibility index (Phi) is 4.03. The monoisotopic (exact) mass is 291 g/mol. The van der Waals surface area contributed by atoms with E-state index in [1.54, 1.807) is 11.3 Å². The van der Waals surface area contributed by atoms with Crippen LogP contribution in [0.25, 0.3) is 10.2 Å². The van der Waals surface area contributed by atoms with Gasteiger partial charge in [-0.1, -0.05) is 13.3 Å². The number of nitrogens with one attached hydrogen (secondary N) is 1. The molecule has 2 aromatic rings. The van der Waals surface area contributed by atoms with Crippen LogP contribution in [-0.2, 0) is 6.42 Å². The van der Waals surface area contributed by atoms with E-state index in [9.17, 15) is 0 Å². The number of hydrogen-bond acceptors (Lipinski definition) is 6. The topological polar surface area (TPSA) is 67.1 Å². The molecule has 1 aliphatic rings. The molecule has 0 atom stereocenters. The Morgan fingerprint density at radius 1 is 1.35 bits per heavy atom. The van der Waals surface area contributed by atoms with Crippen molar-refractivity contribution in [3.63, 3.8) is 0 Å². The van der Waals surface area contributed by atoms with Crippen LogP contribution in [0.15, 0.2) is 6.07 Å². The third kappa shape index (κ3) is 2.71. The molecule has 0 saturated carbocycles. The summed E-state index contributed by atoms with van der Waals surface area (Å²) in [6, 6.07) is 2.16. The second-order valence-corrected chi connectivity index (χ2v) is 6.30. The largest absolute Gasteiger partial charge is 0.383 e. The highest BCUT2D eigenvalue weighted by Crippen LogP contribution is 2.30. The summed E-state index contributed by atoms with van der Waals surface area (Å²) in [6.07, 6.45) is 3.53. The maximum Gasteiger partial charge on any atom is 0.228 e. The fraction of sp³-hybridized carbons (Fsp3) is 0.571. The Labute approximate surface area is 123 Å². The van der Waals surface area contributed by atoms with E-state index in [-0.39, 0.29) is 0 Å². The molecule has 0 bridgehead atoms. The van der Waals surface area contributed by atoms with Gasteiger partial charge in [-0.05, 0) is 18.9 Å². The molecular formula is C14H21N5S. The lowest BCUT2D eigenvalue weighted by Crippen LogP contribution is -2.44. The Morgan fingerprint density at radius 2 is 2.15 bits per heavy atom. The van der Waals surface area contributed by atoms with E-state index in [0.29, 0.717) is 5.82 Å². The van der Waals surface area contributed by atoms with Gasteiger partial charge in [-0.15, -0.1) is 11.3 Å². The second-order valence-electron chi connectivity index (χ2n) is 5.18. The van der Waals surface area contributed by atoms with Gasteiger partial charge in [0.2, 0.25) is 5.95 Å². The molecule has 3 rings (SSSR count). The zero-order valence-corrected chi connectivity index (χ0v) is 12.7. The summed E-state index contributed by atoms with van der Waals surface area (Å²) in [5.74, 6) is 1.39. The molecule has 1 aliphatic heterocycles. The second kappa shape index (κ2) is 5.93. The lowest BCUT2D eigenvalue weighted by Gasteiger charge is -2.27. The standard InChI is InChI=1S/C14H21N5S/c1-2-3-4-10-9-11-12(15)17-14(18-13(11)20-10)19-7-5-16-6-8-19/h9,16H,2-8H2,1H3,(H2,15,17,18). The molecule has 0 spiro atoms. The molecule has 3 heterocycles. The highest BCUT2D eigenvalue weighted by Gasteiger charge is 2.16. The van der Waals surface area contributed by atoms with Crippen LogP contribution in [0.4, 0.5) is 11.8 Å². The number of aryl methyl sites for hydroxylation is 1. The zero-order chi connectivity index (χ0) is 13.9. The van der Waals surface area contributed by atoms with Crippen molar-refractivity contribution < 1.29 is 0 Å². The van der Waals surface area contributed by atoms with Crippen molar-refractivity contribution in [3.05, 3.63) is 10.9 Å². The number of nitrogens with two attached hydrogens (primary N) is 1. The number of aromatic nitrogens is 2. The molecule has 108 valence electrons. The number of thiophene rings is 1. The predicted molar refractivity (Wildman–Crippen MR) is 85.5 cm³/mol. The van der Waals surface area contributed by atoms with Gasteiger partial charge < -0.3 is 16.0 Å². The molecule has 1 fully saturated rings. The minimum atomic E-state index is 0.613. The van der Waals surface area contributed by atoms with Crippen LogP contribution in [0, 0.1) is 0 Å². The molecule has 0 unspecified atom stereocenters. The first-order valence-electron chi connectivity index (χ1n) is 7.29. The average Bonchev–Trinajstić information content (AvgIpc) is 2.89. The van der Waals surface area contributed by atoms with Gasteiger partial charge in [0.1, 0.15) is 10.6 Å². The molecule has 6 heteroatoms. The van der Waals surface area contributed by atoms with Crippen molar-refractivity contribution >= 4 is 33.3 Å². The van der Waals surface area contributed by atoms with Gasteiger partial charge in [0.05, 0.1) is 5.39 Å². The molecule has 5 nitrogen and oxygen atoms in total. The highest BCUT2D eigenvalue weighted by molar-refractivity contribution is 7.18. The van der Waals surface area contributed by atoms with E-state index in [0.717, 1.165) is 48.8 Å². The van der Waals surface area contributed by atoms with Crippen LogP contribution in [0.3, 0.4) is 0 Å². The number of piperazine rings is 1. The number of fused-ring (bicyclic) bond motifs is 1. The Morgan fingerprint density at radius 3 is 2.90 bits per heavy atom. The van der Waals surface area contributed by atoms with Crippen molar-refractivity contribution in [2.45, 2.75) is 26.2 Å². The molecule has 0 aliphatic carbocycles. The van der Waals surface area contributed by atoms with Crippen molar-refractivity contribution in [1.82, 2.24) is 15.3 Å². The van der Waals surface area contributed by atoms with Gasteiger partial charge in [0.15, 0.2) is 0 Å². The number of rotatable bonds is 4. The van der Waals surface area contributed by atoms with Crippen LogP contribution in [-0.4, -0.2) is 36.1 Å². The quantitative estimate of drug-likeness (QED) is 0.902. The fourth-order valence-corrected chi connectivity index (χ4v) is 3.53. The number of unbranched alkanes of at least 4 members (excludes halogenated alkanes) is 1. The number of anilines is 2. The first kappa shape index (κ1) is 13.6. The van der Waals surface area contributed by atoms with E-state index in [2.05, 4.69) is 28.2 Å². The van der Waals surface area contributed by atoms with Crippen molar-refractivity contribution in [2.24, 2.45) is 0 Å². The highest BCUT2D eigenvalue weighted by atomic mass is 32.1. The number of hydrogen-bond donors (Lipinski definition) is 2. The summed E-state index contributed by atoms with van der Waals surface area (Å²) in [5.41, 5.74) is 6.12. The summed E-state index contributed by atoms with van der Waals surface area (Å²) >= 11 is 1.76. The average molecular weight is 291 g/mol.